The lowest BCUT2D eigenvalue weighted by Gasteiger charge is -2.05. The number of aromatic nitrogens is 1. The van der Waals surface area contributed by atoms with E-state index in [1.165, 1.54) is 11.3 Å². The fourth-order valence-corrected chi connectivity index (χ4v) is 3.82. The van der Waals surface area contributed by atoms with E-state index in [1.54, 1.807) is 24.4 Å². The largest absolute Gasteiger partial charge is 0.507 e. The van der Waals surface area contributed by atoms with Gasteiger partial charge in [0.25, 0.3) is 0 Å². The average molecular weight is 374 g/mol. The van der Waals surface area contributed by atoms with E-state index < -0.39 is 0 Å². The van der Waals surface area contributed by atoms with Gasteiger partial charge >= 0.3 is 0 Å². The lowest BCUT2D eigenvalue weighted by molar-refractivity contribution is 0.473. The molecule has 134 valence electrons. The van der Waals surface area contributed by atoms with Gasteiger partial charge in [-0.05, 0) is 67.4 Å². The number of aryl methyl sites for hydroxylation is 2. The predicted molar refractivity (Wildman–Crippen MR) is 112 cm³/mol. The van der Waals surface area contributed by atoms with E-state index in [2.05, 4.69) is 9.98 Å². The van der Waals surface area contributed by atoms with E-state index in [-0.39, 0.29) is 11.5 Å². The monoisotopic (exact) mass is 374 g/mol. The van der Waals surface area contributed by atoms with Gasteiger partial charge in [-0.3, -0.25) is 4.99 Å². The molecule has 0 atom stereocenters. The summed E-state index contributed by atoms with van der Waals surface area (Å²) in [6.07, 6.45) is 1.64. The van der Waals surface area contributed by atoms with Crippen LogP contribution in [0, 0.1) is 13.8 Å². The third-order valence-electron chi connectivity index (χ3n) is 4.50. The van der Waals surface area contributed by atoms with E-state index >= 15 is 0 Å². The Kier molecular flexibility index (Phi) is 4.38. The van der Waals surface area contributed by atoms with Gasteiger partial charge in [-0.1, -0.05) is 12.1 Å². The van der Waals surface area contributed by atoms with Gasteiger partial charge in [0.2, 0.25) is 0 Å². The molecule has 1 heterocycles. The predicted octanol–water partition coefficient (Wildman–Crippen LogP) is 5.74. The van der Waals surface area contributed by atoms with Gasteiger partial charge in [0.1, 0.15) is 16.5 Å². The summed E-state index contributed by atoms with van der Waals surface area (Å²) < 4.78 is 1.07. The first-order valence-electron chi connectivity index (χ1n) is 8.54. The zero-order chi connectivity index (χ0) is 19.0. The van der Waals surface area contributed by atoms with Crippen molar-refractivity contribution in [1.82, 2.24) is 4.98 Å². The van der Waals surface area contributed by atoms with Crippen LogP contribution in [0.2, 0.25) is 0 Å². The summed E-state index contributed by atoms with van der Waals surface area (Å²) >= 11 is 1.53. The number of hydrogen-bond donors (Lipinski definition) is 2. The number of phenols is 2. The SMILES string of the molecule is Cc1cc(O)c(C=Nc2ccc(O)c(-c3nc4ccccc4s3)c2)cc1C. The Labute approximate surface area is 161 Å². The molecule has 0 fully saturated rings. The number of phenolic OH excluding ortho intramolecular Hbond substituents is 2. The second-order valence-corrected chi connectivity index (χ2v) is 7.47. The second-order valence-electron chi connectivity index (χ2n) is 6.44. The molecule has 0 aliphatic carbocycles. The standard InChI is InChI=1S/C22H18N2O2S/c1-13-9-15(20(26)10-14(13)2)12-23-16-7-8-19(25)17(11-16)22-24-18-5-3-4-6-21(18)27-22/h3-12,25-26H,1-2H3. The van der Waals surface area contributed by atoms with Crippen molar-refractivity contribution < 1.29 is 10.2 Å². The summed E-state index contributed by atoms with van der Waals surface area (Å²) in [6.45, 7) is 3.96. The first-order valence-corrected chi connectivity index (χ1v) is 9.36. The second kappa shape index (κ2) is 6.85. The summed E-state index contributed by atoms with van der Waals surface area (Å²) in [5, 5.41) is 21.1. The van der Waals surface area contributed by atoms with Crippen molar-refractivity contribution in [2.45, 2.75) is 13.8 Å². The molecular weight excluding hydrogens is 356 g/mol. The lowest BCUT2D eigenvalue weighted by Crippen LogP contribution is -1.88. The van der Waals surface area contributed by atoms with Crippen molar-refractivity contribution in [3.05, 3.63) is 71.3 Å². The molecule has 0 spiro atoms. The molecule has 2 N–H and O–H groups in total. The first kappa shape index (κ1) is 17.2. The Bertz CT molecular complexity index is 1150. The Balaban J connectivity index is 1.71. The topological polar surface area (TPSA) is 65.7 Å². The van der Waals surface area contributed by atoms with Gasteiger partial charge in [-0.15, -0.1) is 11.3 Å². The number of hydrogen-bond acceptors (Lipinski definition) is 5. The molecule has 0 saturated heterocycles. The third-order valence-corrected chi connectivity index (χ3v) is 5.57. The molecule has 0 saturated carbocycles. The molecule has 0 amide bonds. The number of para-hydroxylation sites is 1. The molecule has 1 aromatic heterocycles. The van der Waals surface area contributed by atoms with Gasteiger partial charge in [0.05, 0.1) is 21.5 Å². The molecule has 4 aromatic rings. The van der Waals surface area contributed by atoms with Crippen molar-refractivity contribution in [2.75, 3.05) is 0 Å². The number of benzene rings is 3. The van der Waals surface area contributed by atoms with Crippen LogP contribution < -0.4 is 0 Å². The maximum atomic E-state index is 10.3. The Morgan fingerprint density at radius 3 is 2.52 bits per heavy atom. The van der Waals surface area contributed by atoms with Crippen LogP contribution in [0.25, 0.3) is 20.8 Å². The number of rotatable bonds is 3. The van der Waals surface area contributed by atoms with E-state index in [0.717, 1.165) is 26.4 Å². The highest BCUT2D eigenvalue weighted by molar-refractivity contribution is 7.21. The van der Waals surface area contributed by atoms with E-state index in [9.17, 15) is 10.2 Å². The number of thiazole rings is 1. The third kappa shape index (κ3) is 3.41. The summed E-state index contributed by atoms with van der Waals surface area (Å²) in [5.41, 5.74) is 5.02. The Morgan fingerprint density at radius 2 is 1.70 bits per heavy atom. The zero-order valence-corrected chi connectivity index (χ0v) is 15.8. The molecule has 5 heteroatoms. The van der Waals surface area contributed by atoms with Gasteiger partial charge in [0.15, 0.2) is 0 Å². The maximum Gasteiger partial charge on any atom is 0.128 e. The molecule has 0 bridgehead atoms. The van der Waals surface area contributed by atoms with Gasteiger partial charge in [-0.25, -0.2) is 4.98 Å². The minimum Gasteiger partial charge on any atom is -0.507 e. The summed E-state index contributed by atoms with van der Waals surface area (Å²) in [7, 11) is 0. The van der Waals surface area contributed by atoms with Crippen LogP contribution in [0.3, 0.4) is 0 Å². The normalized spacial score (nSPS) is 11.5. The summed E-state index contributed by atoms with van der Waals surface area (Å²) in [5.74, 6) is 0.369. The van der Waals surface area contributed by atoms with Crippen molar-refractivity contribution in [3.63, 3.8) is 0 Å². The van der Waals surface area contributed by atoms with Crippen LogP contribution in [0.4, 0.5) is 5.69 Å². The van der Waals surface area contributed by atoms with Crippen molar-refractivity contribution in [1.29, 1.82) is 0 Å². The molecule has 3 aromatic carbocycles. The van der Waals surface area contributed by atoms with Crippen LogP contribution in [0.1, 0.15) is 16.7 Å². The number of aliphatic imine (C=N–C) groups is 1. The zero-order valence-electron chi connectivity index (χ0n) is 15.0. The van der Waals surface area contributed by atoms with Crippen molar-refractivity contribution in [2.24, 2.45) is 4.99 Å². The molecule has 0 aliphatic heterocycles. The molecule has 0 unspecified atom stereocenters. The minimum absolute atomic E-state index is 0.169. The summed E-state index contributed by atoms with van der Waals surface area (Å²) in [6, 6.07) is 16.7. The Hall–Kier alpha value is -3.18. The molecule has 0 aliphatic rings. The highest BCUT2D eigenvalue weighted by Crippen LogP contribution is 2.37. The van der Waals surface area contributed by atoms with Crippen LogP contribution in [-0.4, -0.2) is 21.4 Å². The number of aromatic hydroxyl groups is 2. The molecule has 0 radical (unpaired) electrons. The van der Waals surface area contributed by atoms with Gasteiger partial charge in [-0.2, -0.15) is 0 Å². The highest BCUT2D eigenvalue weighted by Gasteiger charge is 2.11. The van der Waals surface area contributed by atoms with Gasteiger partial charge in [0, 0.05) is 11.8 Å². The van der Waals surface area contributed by atoms with E-state index in [1.807, 2.05) is 50.2 Å². The first-order chi connectivity index (χ1) is 13.0. The lowest BCUT2D eigenvalue weighted by atomic mass is 10.1. The van der Waals surface area contributed by atoms with Crippen LogP contribution >= 0.6 is 11.3 Å². The van der Waals surface area contributed by atoms with Crippen LogP contribution in [0.5, 0.6) is 11.5 Å². The molecule has 4 rings (SSSR count). The highest BCUT2D eigenvalue weighted by atomic mass is 32.1. The van der Waals surface area contributed by atoms with Crippen molar-refractivity contribution in [3.8, 4) is 22.1 Å². The molecule has 4 nitrogen and oxygen atoms in total. The quantitative estimate of drug-likeness (QED) is 0.449. The fraction of sp³-hybridized carbons (Fsp3) is 0.0909. The minimum atomic E-state index is 0.169. The average Bonchev–Trinajstić information content (AvgIpc) is 3.08. The number of nitrogens with zero attached hydrogens (tertiary/aromatic N) is 2. The van der Waals surface area contributed by atoms with E-state index in [0.29, 0.717) is 16.8 Å². The van der Waals surface area contributed by atoms with Crippen LogP contribution in [-0.2, 0) is 0 Å². The molecular formula is C22H18N2O2S. The van der Waals surface area contributed by atoms with E-state index in [4.69, 9.17) is 0 Å². The summed E-state index contributed by atoms with van der Waals surface area (Å²) in [4.78, 5) is 9.08. The van der Waals surface area contributed by atoms with Crippen molar-refractivity contribution >= 4 is 33.5 Å². The maximum absolute atomic E-state index is 10.3. The van der Waals surface area contributed by atoms with Gasteiger partial charge < -0.3 is 10.2 Å². The Morgan fingerprint density at radius 1 is 0.926 bits per heavy atom. The van der Waals surface area contributed by atoms with Crippen LogP contribution in [0.15, 0.2) is 59.6 Å². The fourth-order valence-electron chi connectivity index (χ4n) is 2.83. The smallest absolute Gasteiger partial charge is 0.128 e. The molecule has 27 heavy (non-hydrogen) atoms. The number of fused-ring (bicyclic) bond motifs is 1.